The Morgan fingerprint density at radius 1 is 1.32 bits per heavy atom. The Labute approximate surface area is 118 Å². The highest BCUT2D eigenvalue weighted by molar-refractivity contribution is 7.99. The van der Waals surface area contributed by atoms with E-state index >= 15 is 0 Å². The maximum atomic E-state index is 5.41. The molecule has 3 rings (SSSR count). The van der Waals surface area contributed by atoms with Gasteiger partial charge in [0.25, 0.3) is 0 Å². The number of thioether (sulfide) groups is 1. The van der Waals surface area contributed by atoms with Gasteiger partial charge in [0.1, 0.15) is 5.82 Å². The van der Waals surface area contributed by atoms with Gasteiger partial charge in [-0.15, -0.1) is 10.2 Å². The molecule has 0 radical (unpaired) electrons. The van der Waals surface area contributed by atoms with Crippen LogP contribution < -0.4 is 5.32 Å². The summed E-state index contributed by atoms with van der Waals surface area (Å²) in [5.41, 5.74) is 0. The quantitative estimate of drug-likeness (QED) is 0.846. The van der Waals surface area contributed by atoms with Crippen molar-refractivity contribution in [1.29, 1.82) is 0 Å². The fourth-order valence-corrected chi connectivity index (χ4v) is 3.83. The number of hydrogen-bond acceptors (Lipinski definition) is 5. The molecule has 0 saturated carbocycles. The summed E-state index contributed by atoms with van der Waals surface area (Å²) in [6.07, 6.45) is 3.53. The van der Waals surface area contributed by atoms with Gasteiger partial charge in [-0.2, -0.15) is 0 Å². The molecule has 0 spiro atoms. The minimum Gasteiger partial charge on any atom is -0.381 e. The molecular formula is C13H22N4OS. The monoisotopic (exact) mass is 282 g/mol. The molecule has 0 unspecified atom stereocenters. The molecule has 2 aliphatic rings. The number of hydrogen-bond donors (Lipinski definition) is 1. The Kier molecular flexibility index (Phi) is 4.40. The average molecular weight is 282 g/mol. The molecule has 1 atom stereocenters. The third-order valence-electron chi connectivity index (χ3n) is 4.05. The number of aromatic nitrogens is 3. The van der Waals surface area contributed by atoms with Gasteiger partial charge in [-0.05, 0) is 38.3 Å². The Hall–Kier alpha value is -0.590. The first-order chi connectivity index (χ1) is 9.34. The molecule has 19 heavy (non-hydrogen) atoms. The van der Waals surface area contributed by atoms with E-state index in [1.807, 2.05) is 11.8 Å². The van der Waals surface area contributed by atoms with Crippen LogP contribution in [0.2, 0.25) is 0 Å². The summed E-state index contributed by atoms with van der Waals surface area (Å²) in [5, 5.41) is 13.2. The van der Waals surface area contributed by atoms with E-state index in [9.17, 15) is 0 Å². The van der Waals surface area contributed by atoms with Crippen molar-refractivity contribution >= 4 is 11.8 Å². The molecule has 2 aliphatic heterocycles. The normalized spacial score (nSPS) is 25.0. The van der Waals surface area contributed by atoms with Crippen LogP contribution in [0.3, 0.4) is 0 Å². The summed E-state index contributed by atoms with van der Waals surface area (Å²) in [6, 6.07) is 0. The van der Waals surface area contributed by atoms with E-state index < -0.39 is 0 Å². The predicted molar refractivity (Wildman–Crippen MR) is 75.5 cm³/mol. The lowest BCUT2D eigenvalue weighted by Gasteiger charge is -2.21. The fraction of sp³-hybridized carbons (Fsp3) is 0.846. The molecule has 106 valence electrons. The lowest BCUT2D eigenvalue weighted by Crippen LogP contribution is -2.27. The van der Waals surface area contributed by atoms with E-state index in [1.54, 1.807) is 0 Å². The first-order valence-electron chi connectivity index (χ1n) is 7.15. The van der Waals surface area contributed by atoms with Crippen LogP contribution in [0.1, 0.15) is 31.0 Å². The van der Waals surface area contributed by atoms with Crippen molar-refractivity contribution in [2.45, 2.75) is 30.3 Å². The van der Waals surface area contributed by atoms with Gasteiger partial charge in [0.05, 0.1) is 6.61 Å². The van der Waals surface area contributed by atoms with E-state index in [-0.39, 0.29) is 0 Å². The second-order valence-electron chi connectivity index (χ2n) is 5.46. The van der Waals surface area contributed by atoms with Crippen LogP contribution in [0.4, 0.5) is 0 Å². The number of nitrogens with zero attached hydrogens (tertiary/aromatic N) is 3. The van der Waals surface area contributed by atoms with Gasteiger partial charge in [-0.25, -0.2) is 0 Å². The molecule has 0 aromatic carbocycles. The zero-order chi connectivity index (χ0) is 13.1. The van der Waals surface area contributed by atoms with Gasteiger partial charge in [-0.3, -0.25) is 0 Å². The molecule has 2 fully saturated rings. The maximum absolute atomic E-state index is 5.41. The summed E-state index contributed by atoms with van der Waals surface area (Å²) in [4.78, 5) is 0. The van der Waals surface area contributed by atoms with E-state index in [2.05, 4.69) is 27.1 Å². The third-order valence-corrected chi connectivity index (χ3v) is 5.30. The highest BCUT2D eigenvalue weighted by atomic mass is 32.2. The van der Waals surface area contributed by atoms with Crippen molar-refractivity contribution in [3.8, 4) is 0 Å². The molecule has 5 nitrogen and oxygen atoms in total. The van der Waals surface area contributed by atoms with Crippen molar-refractivity contribution in [3.63, 3.8) is 0 Å². The van der Waals surface area contributed by atoms with Crippen LogP contribution in [0.15, 0.2) is 5.16 Å². The van der Waals surface area contributed by atoms with E-state index in [4.69, 9.17) is 4.74 Å². The third kappa shape index (κ3) is 3.12. The highest BCUT2D eigenvalue weighted by Crippen LogP contribution is 2.28. The number of rotatable bonds is 4. The lowest BCUT2D eigenvalue weighted by molar-refractivity contribution is 0.189. The molecule has 1 aromatic rings. The van der Waals surface area contributed by atoms with Gasteiger partial charge in [0.15, 0.2) is 5.16 Å². The average Bonchev–Trinajstić information content (AvgIpc) is 3.07. The summed E-state index contributed by atoms with van der Waals surface area (Å²) in [7, 11) is 2.10. The SMILES string of the molecule is Cn1c(SC[C@@H]2CCOC2)nnc1C1CCNCC1. The smallest absolute Gasteiger partial charge is 0.190 e. The number of piperidine rings is 1. The molecule has 1 N–H and O–H groups in total. The Morgan fingerprint density at radius 2 is 2.16 bits per heavy atom. The molecule has 0 bridgehead atoms. The zero-order valence-electron chi connectivity index (χ0n) is 11.5. The predicted octanol–water partition coefficient (Wildman–Crippen LogP) is 1.41. The number of ether oxygens (including phenoxy) is 1. The Bertz CT molecular complexity index is 411. The maximum Gasteiger partial charge on any atom is 0.190 e. The zero-order valence-corrected chi connectivity index (χ0v) is 12.3. The van der Waals surface area contributed by atoms with Gasteiger partial charge >= 0.3 is 0 Å². The van der Waals surface area contributed by atoms with Crippen molar-refractivity contribution in [1.82, 2.24) is 20.1 Å². The second-order valence-corrected chi connectivity index (χ2v) is 6.45. The Balaban J connectivity index is 1.61. The minimum atomic E-state index is 0.572. The van der Waals surface area contributed by atoms with Crippen molar-refractivity contribution < 1.29 is 4.74 Å². The summed E-state index contributed by atoms with van der Waals surface area (Å²) < 4.78 is 7.60. The van der Waals surface area contributed by atoms with E-state index in [1.165, 1.54) is 19.3 Å². The van der Waals surface area contributed by atoms with Crippen molar-refractivity contribution in [2.24, 2.45) is 13.0 Å². The molecule has 1 aromatic heterocycles. The first kappa shape index (κ1) is 13.4. The largest absolute Gasteiger partial charge is 0.381 e. The molecule has 2 saturated heterocycles. The van der Waals surface area contributed by atoms with E-state index in [0.29, 0.717) is 11.8 Å². The summed E-state index contributed by atoms with van der Waals surface area (Å²) >= 11 is 1.82. The van der Waals surface area contributed by atoms with Crippen LogP contribution in [0.5, 0.6) is 0 Å². The second kappa shape index (κ2) is 6.24. The molecule has 0 amide bonds. The molecular weight excluding hydrogens is 260 g/mol. The van der Waals surface area contributed by atoms with Gasteiger partial charge in [0.2, 0.25) is 0 Å². The summed E-state index contributed by atoms with van der Waals surface area (Å²) in [5.74, 6) is 3.51. The van der Waals surface area contributed by atoms with Crippen LogP contribution in [-0.2, 0) is 11.8 Å². The minimum absolute atomic E-state index is 0.572. The van der Waals surface area contributed by atoms with Crippen molar-refractivity contribution in [3.05, 3.63) is 5.82 Å². The van der Waals surface area contributed by atoms with Gasteiger partial charge < -0.3 is 14.6 Å². The van der Waals surface area contributed by atoms with Crippen LogP contribution in [-0.4, -0.2) is 46.8 Å². The standard InChI is InChI=1S/C13H22N4OS/c1-17-12(11-2-5-14-6-3-11)15-16-13(17)19-9-10-4-7-18-8-10/h10-11,14H,2-9H2,1H3/t10-/m1/s1. The highest BCUT2D eigenvalue weighted by Gasteiger charge is 2.22. The fourth-order valence-electron chi connectivity index (χ4n) is 2.79. The Morgan fingerprint density at radius 3 is 2.89 bits per heavy atom. The van der Waals surface area contributed by atoms with Crippen LogP contribution >= 0.6 is 11.8 Å². The lowest BCUT2D eigenvalue weighted by atomic mass is 9.97. The van der Waals surface area contributed by atoms with Crippen LogP contribution in [0.25, 0.3) is 0 Å². The summed E-state index contributed by atoms with van der Waals surface area (Å²) in [6.45, 7) is 4.02. The topological polar surface area (TPSA) is 52.0 Å². The van der Waals surface area contributed by atoms with Gasteiger partial charge in [-0.1, -0.05) is 11.8 Å². The molecule has 0 aliphatic carbocycles. The van der Waals surface area contributed by atoms with Crippen LogP contribution in [0, 0.1) is 5.92 Å². The number of nitrogens with one attached hydrogen (secondary N) is 1. The van der Waals surface area contributed by atoms with E-state index in [0.717, 1.165) is 43.0 Å². The first-order valence-corrected chi connectivity index (χ1v) is 8.13. The molecule has 6 heteroatoms. The van der Waals surface area contributed by atoms with Crippen molar-refractivity contribution in [2.75, 3.05) is 32.1 Å². The van der Waals surface area contributed by atoms with Gasteiger partial charge in [0, 0.05) is 25.3 Å². The molecule has 3 heterocycles.